The highest BCUT2D eigenvalue weighted by molar-refractivity contribution is 7.09. The summed E-state index contributed by atoms with van der Waals surface area (Å²) < 4.78 is 4.31. The standard InChI is InChI=1S/C12H13N5O2S/c18-12(19)17-7-5-16(6-8-17)11-14-10(15-20-11)9-3-1-2-4-13-9/h1-4H,5-8H2,(H,18,19). The van der Waals surface area contributed by atoms with E-state index in [0.717, 1.165) is 10.8 Å². The summed E-state index contributed by atoms with van der Waals surface area (Å²) >= 11 is 1.32. The van der Waals surface area contributed by atoms with Gasteiger partial charge >= 0.3 is 6.09 Å². The predicted octanol–water partition coefficient (Wildman–Crippen LogP) is 1.40. The van der Waals surface area contributed by atoms with Gasteiger partial charge in [-0.25, -0.2) is 4.79 Å². The Morgan fingerprint density at radius 3 is 2.70 bits per heavy atom. The highest BCUT2D eigenvalue weighted by Crippen LogP contribution is 2.23. The van der Waals surface area contributed by atoms with E-state index in [0.29, 0.717) is 32.0 Å². The van der Waals surface area contributed by atoms with Gasteiger partial charge in [-0.1, -0.05) is 6.07 Å². The number of aromatic nitrogens is 3. The molecule has 0 aromatic carbocycles. The third kappa shape index (κ3) is 2.55. The van der Waals surface area contributed by atoms with Gasteiger partial charge in [-0.15, -0.1) is 0 Å². The van der Waals surface area contributed by atoms with Gasteiger partial charge in [-0.05, 0) is 12.1 Å². The van der Waals surface area contributed by atoms with Crippen LogP contribution in [0.15, 0.2) is 24.4 Å². The molecule has 0 saturated carbocycles. The van der Waals surface area contributed by atoms with Crippen molar-refractivity contribution in [2.24, 2.45) is 0 Å². The van der Waals surface area contributed by atoms with E-state index in [9.17, 15) is 4.79 Å². The third-order valence-electron chi connectivity index (χ3n) is 3.13. The summed E-state index contributed by atoms with van der Waals surface area (Å²) in [6.45, 7) is 2.27. The number of hydrogen-bond donors (Lipinski definition) is 1. The number of pyridine rings is 1. The number of piperazine rings is 1. The van der Waals surface area contributed by atoms with E-state index in [4.69, 9.17) is 5.11 Å². The highest BCUT2D eigenvalue weighted by Gasteiger charge is 2.22. The molecule has 20 heavy (non-hydrogen) atoms. The fraction of sp³-hybridized carbons (Fsp3) is 0.333. The van der Waals surface area contributed by atoms with Crippen LogP contribution in [0.5, 0.6) is 0 Å². The fourth-order valence-electron chi connectivity index (χ4n) is 2.03. The molecular formula is C12H13N5O2S. The van der Waals surface area contributed by atoms with Crippen LogP contribution in [0.1, 0.15) is 0 Å². The molecule has 1 aliphatic heterocycles. The second kappa shape index (κ2) is 5.41. The lowest BCUT2D eigenvalue weighted by molar-refractivity contribution is 0.142. The normalized spacial score (nSPS) is 15.4. The average Bonchev–Trinajstić information content (AvgIpc) is 2.98. The minimum Gasteiger partial charge on any atom is -0.465 e. The molecule has 2 aromatic rings. The largest absolute Gasteiger partial charge is 0.465 e. The van der Waals surface area contributed by atoms with Crippen molar-refractivity contribution in [1.29, 1.82) is 0 Å². The zero-order chi connectivity index (χ0) is 13.9. The Morgan fingerprint density at radius 2 is 2.05 bits per heavy atom. The number of nitrogens with zero attached hydrogens (tertiary/aromatic N) is 5. The third-order valence-corrected chi connectivity index (χ3v) is 3.91. The number of carbonyl (C=O) groups is 1. The maximum atomic E-state index is 10.9. The molecule has 1 aliphatic rings. The van der Waals surface area contributed by atoms with Gasteiger partial charge in [0.1, 0.15) is 5.69 Å². The van der Waals surface area contributed by atoms with Gasteiger partial charge < -0.3 is 14.9 Å². The lowest BCUT2D eigenvalue weighted by Gasteiger charge is -2.32. The molecule has 0 atom stereocenters. The first-order valence-corrected chi connectivity index (χ1v) is 6.99. The van der Waals surface area contributed by atoms with Gasteiger partial charge in [0.2, 0.25) is 5.13 Å². The molecule has 0 radical (unpaired) electrons. The van der Waals surface area contributed by atoms with Crippen LogP contribution >= 0.6 is 11.5 Å². The van der Waals surface area contributed by atoms with Crippen molar-refractivity contribution in [2.75, 3.05) is 31.1 Å². The number of hydrogen-bond acceptors (Lipinski definition) is 6. The van der Waals surface area contributed by atoms with Crippen LogP contribution in [0.4, 0.5) is 9.93 Å². The average molecular weight is 291 g/mol. The summed E-state index contributed by atoms with van der Waals surface area (Å²) in [5, 5.41) is 9.74. The fourth-order valence-corrected chi connectivity index (χ4v) is 2.76. The van der Waals surface area contributed by atoms with Crippen molar-refractivity contribution in [3.63, 3.8) is 0 Å². The molecule has 0 spiro atoms. The lowest BCUT2D eigenvalue weighted by atomic mass is 10.3. The van der Waals surface area contributed by atoms with Crippen molar-refractivity contribution in [3.05, 3.63) is 24.4 Å². The van der Waals surface area contributed by atoms with Crippen molar-refractivity contribution in [2.45, 2.75) is 0 Å². The molecule has 0 bridgehead atoms. The van der Waals surface area contributed by atoms with Crippen LogP contribution in [0.25, 0.3) is 11.5 Å². The summed E-state index contributed by atoms with van der Waals surface area (Å²) in [5.74, 6) is 0.617. The number of rotatable bonds is 2. The number of anilines is 1. The molecule has 104 valence electrons. The molecular weight excluding hydrogens is 278 g/mol. The first-order chi connectivity index (χ1) is 9.74. The van der Waals surface area contributed by atoms with Gasteiger partial charge in [-0.3, -0.25) is 4.98 Å². The molecule has 3 heterocycles. The second-order valence-corrected chi connectivity index (χ2v) is 5.10. The molecule has 1 N–H and O–H groups in total. The Bertz CT molecular complexity index is 595. The first-order valence-electron chi connectivity index (χ1n) is 6.22. The molecule has 1 amide bonds. The van der Waals surface area contributed by atoms with Gasteiger partial charge in [0.15, 0.2) is 5.82 Å². The molecule has 0 aliphatic carbocycles. The quantitative estimate of drug-likeness (QED) is 0.900. The zero-order valence-electron chi connectivity index (χ0n) is 10.6. The van der Waals surface area contributed by atoms with E-state index in [1.807, 2.05) is 18.2 Å². The molecule has 3 rings (SSSR count). The molecule has 0 unspecified atom stereocenters. The monoisotopic (exact) mass is 291 g/mol. The van der Waals surface area contributed by atoms with E-state index in [-0.39, 0.29) is 0 Å². The molecule has 1 fully saturated rings. The van der Waals surface area contributed by atoms with E-state index < -0.39 is 6.09 Å². The zero-order valence-corrected chi connectivity index (χ0v) is 11.5. The SMILES string of the molecule is O=C(O)N1CCN(c2nc(-c3ccccn3)ns2)CC1. The van der Waals surface area contributed by atoms with E-state index in [2.05, 4.69) is 19.2 Å². The molecule has 8 heteroatoms. The maximum absolute atomic E-state index is 10.9. The first kappa shape index (κ1) is 12.8. The van der Waals surface area contributed by atoms with Crippen LogP contribution in [0.3, 0.4) is 0 Å². The Morgan fingerprint density at radius 1 is 1.25 bits per heavy atom. The predicted molar refractivity (Wildman–Crippen MR) is 75.0 cm³/mol. The van der Waals surface area contributed by atoms with Crippen molar-refractivity contribution in [3.8, 4) is 11.5 Å². The van der Waals surface area contributed by atoms with Crippen molar-refractivity contribution >= 4 is 22.8 Å². The molecule has 1 saturated heterocycles. The van der Waals surface area contributed by atoms with E-state index in [1.165, 1.54) is 16.4 Å². The molecule has 2 aromatic heterocycles. The Balaban J connectivity index is 1.71. The molecule has 7 nitrogen and oxygen atoms in total. The van der Waals surface area contributed by atoms with Gasteiger partial charge in [0.25, 0.3) is 0 Å². The number of amides is 1. The Labute approximate surface area is 119 Å². The summed E-state index contributed by atoms with van der Waals surface area (Å²) in [6, 6.07) is 5.62. The summed E-state index contributed by atoms with van der Waals surface area (Å²) in [5.41, 5.74) is 0.749. The Hall–Kier alpha value is -2.22. The van der Waals surface area contributed by atoms with Crippen molar-refractivity contribution < 1.29 is 9.90 Å². The lowest BCUT2D eigenvalue weighted by Crippen LogP contribution is -2.48. The van der Waals surface area contributed by atoms with Gasteiger partial charge in [-0.2, -0.15) is 9.36 Å². The number of carboxylic acid groups (broad SMARTS) is 1. The van der Waals surface area contributed by atoms with Crippen LogP contribution in [0.2, 0.25) is 0 Å². The van der Waals surface area contributed by atoms with Crippen LogP contribution in [-0.4, -0.2) is 56.6 Å². The maximum Gasteiger partial charge on any atom is 0.407 e. The minimum atomic E-state index is -0.865. The summed E-state index contributed by atoms with van der Waals surface area (Å²) in [6.07, 6.45) is 0.845. The summed E-state index contributed by atoms with van der Waals surface area (Å²) in [7, 11) is 0. The second-order valence-electron chi connectivity index (χ2n) is 4.37. The van der Waals surface area contributed by atoms with Crippen LogP contribution in [-0.2, 0) is 0 Å². The van der Waals surface area contributed by atoms with E-state index in [1.54, 1.807) is 6.20 Å². The highest BCUT2D eigenvalue weighted by atomic mass is 32.1. The Kier molecular flexibility index (Phi) is 3.46. The topological polar surface area (TPSA) is 82.5 Å². The minimum absolute atomic E-state index is 0.494. The smallest absolute Gasteiger partial charge is 0.407 e. The van der Waals surface area contributed by atoms with Crippen molar-refractivity contribution in [1.82, 2.24) is 19.2 Å². The van der Waals surface area contributed by atoms with Crippen LogP contribution < -0.4 is 4.90 Å². The van der Waals surface area contributed by atoms with Gasteiger partial charge in [0.05, 0.1) is 0 Å². The van der Waals surface area contributed by atoms with Gasteiger partial charge in [0, 0.05) is 43.9 Å². The summed E-state index contributed by atoms with van der Waals surface area (Å²) in [4.78, 5) is 23.0. The van der Waals surface area contributed by atoms with E-state index >= 15 is 0 Å². The van der Waals surface area contributed by atoms with Crippen LogP contribution in [0, 0.1) is 0 Å².